The number of amides is 1. The molecule has 0 bridgehead atoms. The first-order valence-electron chi connectivity index (χ1n) is 10.1. The number of hydrogen-bond donors (Lipinski definition) is 1. The van der Waals surface area contributed by atoms with E-state index in [9.17, 15) is 13.2 Å². The van der Waals surface area contributed by atoms with Gasteiger partial charge in [0.25, 0.3) is 0 Å². The van der Waals surface area contributed by atoms with E-state index < -0.39 is 16.1 Å². The largest absolute Gasteiger partial charge is 0.324 e. The molecule has 5 nitrogen and oxygen atoms in total. The van der Waals surface area contributed by atoms with Gasteiger partial charge < -0.3 is 5.32 Å². The van der Waals surface area contributed by atoms with Crippen LogP contribution in [-0.2, 0) is 27.7 Å². The van der Waals surface area contributed by atoms with Crippen LogP contribution in [0.1, 0.15) is 29.2 Å². The average Bonchev–Trinajstić information content (AvgIpc) is 3.10. The standard InChI is InChI=1S/C24H26N2O3S/c1-15-8-12-20(14-16(15)2)26(30(4,28)29)17(3)24(27)25-22-13-11-19-10-9-18-6-5-7-21(22)23(18)19/h5-8,11-14,17H,9-10H2,1-4H3,(H,25,27). The van der Waals surface area contributed by atoms with Crippen molar-refractivity contribution in [1.29, 1.82) is 0 Å². The van der Waals surface area contributed by atoms with Crippen LogP contribution in [0.3, 0.4) is 0 Å². The van der Waals surface area contributed by atoms with Gasteiger partial charge in [0.05, 0.1) is 11.9 Å². The first kappa shape index (κ1) is 20.4. The molecule has 0 aliphatic heterocycles. The number of anilines is 2. The predicted octanol–water partition coefficient (Wildman–Crippen LogP) is 4.35. The van der Waals surface area contributed by atoms with E-state index in [-0.39, 0.29) is 5.91 Å². The third kappa shape index (κ3) is 3.56. The molecule has 0 heterocycles. The van der Waals surface area contributed by atoms with Crippen molar-refractivity contribution < 1.29 is 13.2 Å². The van der Waals surface area contributed by atoms with Gasteiger partial charge in [-0.3, -0.25) is 9.10 Å². The van der Waals surface area contributed by atoms with E-state index in [0.29, 0.717) is 11.4 Å². The second kappa shape index (κ2) is 7.43. The van der Waals surface area contributed by atoms with Gasteiger partial charge in [0.1, 0.15) is 6.04 Å². The Morgan fingerprint density at radius 1 is 1.00 bits per heavy atom. The van der Waals surface area contributed by atoms with Crippen LogP contribution in [0.25, 0.3) is 10.8 Å². The van der Waals surface area contributed by atoms with Crippen molar-refractivity contribution in [2.24, 2.45) is 0 Å². The van der Waals surface area contributed by atoms with Crippen LogP contribution in [-0.4, -0.2) is 26.6 Å². The van der Waals surface area contributed by atoms with Crippen molar-refractivity contribution in [2.45, 2.75) is 39.7 Å². The monoisotopic (exact) mass is 422 g/mol. The highest BCUT2D eigenvalue weighted by atomic mass is 32.2. The highest BCUT2D eigenvalue weighted by Gasteiger charge is 2.30. The molecule has 1 atom stereocenters. The predicted molar refractivity (Wildman–Crippen MR) is 123 cm³/mol. The molecule has 156 valence electrons. The number of rotatable bonds is 5. The molecule has 0 fully saturated rings. The van der Waals surface area contributed by atoms with E-state index in [1.165, 1.54) is 20.8 Å². The Bertz CT molecular complexity index is 1250. The molecule has 0 saturated heterocycles. The summed E-state index contributed by atoms with van der Waals surface area (Å²) in [5.74, 6) is -0.364. The summed E-state index contributed by atoms with van der Waals surface area (Å²) in [7, 11) is -3.66. The van der Waals surface area contributed by atoms with Crippen LogP contribution in [0, 0.1) is 13.8 Å². The molecule has 3 aromatic carbocycles. The van der Waals surface area contributed by atoms with Gasteiger partial charge in [0.15, 0.2) is 0 Å². The molecular formula is C24H26N2O3S. The average molecular weight is 423 g/mol. The number of nitrogens with one attached hydrogen (secondary N) is 1. The van der Waals surface area contributed by atoms with Crippen molar-refractivity contribution in [3.63, 3.8) is 0 Å². The second-order valence-electron chi connectivity index (χ2n) is 8.10. The summed E-state index contributed by atoms with van der Waals surface area (Å²) in [6.07, 6.45) is 3.15. The third-order valence-corrected chi connectivity index (χ3v) is 7.21. The van der Waals surface area contributed by atoms with Crippen molar-refractivity contribution in [3.05, 3.63) is 70.8 Å². The smallest absolute Gasteiger partial charge is 0.248 e. The number of aryl methyl sites for hydroxylation is 4. The lowest BCUT2D eigenvalue weighted by Gasteiger charge is -2.29. The van der Waals surface area contributed by atoms with Gasteiger partial charge in [-0.2, -0.15) is 0 Å². The minimum Gasteiger partial charge on any atom is -0.324 e. The summed E-state index contributed by atoms with van der Waals surface area (Å²) in [6.45, 7) is 5.51. The first-order chi connectivity index (χ1) is 14.2. The number of hydrogen-bond acceptors (Lipinski definition) is 3. The van der Waals surface area contributed by atoms with E-state index in [1.54, 1.807) is 19.1 Å². The van der Waals surface area contributed by atoms with E-state index in [4.69, 9.17) is 0 Å². The molecule has 0 saturated carbocycles. The number of sulfonamides is 1. The molecule has 6 heteroatoms. The number of nitrogens with zero attached hydrogens (tertiary/aromatic N) is 1. The Hall–Kier alpha value is -2.86. The minimum absolute atomic E-state index is 0.364. The van der Waals surface area contributed by atoms with Gasteiger partial charge in [-0.15, -0.1) is 0 Å². The lowest BCUT2D eigenvalue weighted by Crippen LogP contribution is -2.45. The highest BCUT2D eigenvalue weighted by molar-refractivity contribution is 7.92. The molecule has 1 aliphatic rings. The van der Waals surface area contributed by atoms with Crippen LogP contribution in [0.4, 0.5) is 11.4 Å². The molecule has 0 radical (unpaired) electrons. The fourth-order valence-corrected chi connectivity index (χ4v) is 5.43. The zero-order chi connectivity index (χ0) is 21.6. The maximum absolute atomic E-state index is 13.1. The van der Waals surface area contributed by atoms with Gasteiger partial charge in [-0.05, 0) is 79.5 Å². The Labute approximate surface area is 177 Å². The summed E-state index contributed by atoms with van der Waals surface area (Å²) in [5.41, 5.74) is 5.82. The van der Waals surface area contributed by atoms with Crippen LogP contribution in [0.2, 0.25) is 0 Å². The normalized spacial score (nSPS) is 14.0. The number of benzene rings is 3. The Morgan fingerprint density at radius 2 is 1.70 bits per heavy atom. The van der Waals surface area contributed by atoms with E-state index in [1.807, 2.05) is 38.1 Å². The molecule has 0 aromatic heterocycles. The lowest BCUT2D eigenvalue weighted by atomic mass is 10.0. The van der Waals surface area contributed by atoms with Crippen molar-refractivity contribution >= 4 is 38.1 Å². The molecular weight excluding hydrogens is 396 g/mol. The van der Waals surface area contributed by atoms with Gasteiger partial charge >= 0.3 is 0 Å². The fourth-order valence-electron chi connectivity index (χ4n) is 4.26. The number of carbonyl (C=O) groups is 1. The van der Waals surface area contributed by atoms with Crippen molar-refractivity contribution in [2.75, 3.05) is 15.9 Å². The fraction of sp³-hybridized carbons (Fsp3) is 0.292. The molecule has 1 aliphatic carbocycles. The maximum Gasteiger partial charge on any atom is 0.248 e. The number of carbonyl (C=O) groups excluding carboxylic acids is 1. The maximum atomic E-state index is 13.1. The Morgan fingerprint density at radius 3 is 2.37 bits per heavy atom. The summed E-state index contributed by atoms with van der Waals surface area (Å²) in [5, 5.41) is 5.18. The zero-order valence-corrected chi connectivity index (χ0v) is 18.5. The molecule has 4 rings (SSSR count). The summed E-state index contributed by atoms with van der Waals surface area (Å²) >= 11 is 0. The molecule has 30 heavy (non-hydrogen) atoms. The minimum atomic E-state index is -3.66. The second-order valence-corrected chi connectivity index (χ2v) is 9.96. The van der Waals surface area contributed by atoms with Crippen molar-refractivity contribution in [3.8, 4) is 0 Å². The van der Waals surface area contributed by atoms with E-state index >= 15 is 0 Å². The van der Waals surface area contributed by atoms with Crippen LogP contribution >= 0.6 is 0 Å². The lowest BCUT2D eigenvalue weighted by molar-refractivity contribution is -0.116. The molecule has 1 N–H and O–H groups in total. The van der Waals surface area contributed by atoms with Crippen LogP contribution in [0.15, 0.2) is 48.5 Å². The molecule has 0 spiro atoms. The highest BCUT2D eigenvalue weighted by Crippen LogP contribution is 2.35. The SMILES string of the molecule is Cc1ccc(N(C(C)C(=O)Nc2ccc3c4c(cccc24)CC3)S(C)(=O)=O)cc1C. The third-order valence-electron chi connectivity index (χ3n) is 5.97. The molecule has 1 unspecified atom stereocenters. The van der Waals surface area contributed by atoms with E-state index in [0.717, 1.165) is 35.6 Å². The van der Waals surface area contributed by atoms with Crippen LogP contribution < -0.4 is 9.62 Å². The van der Waals surface area contributed by atoms with Gasteiger partial charge in [0, 0.05) is 11.1 Å². The summed E-state index contributed by atoms with van der Waals surface area (Å²) < 4.78 is 26.4. The topological polar surface area (TPSA) is 66.5 Å². The zero-order valence-electron chi connectivity index (χ0n) is 17.7. The molecule has 1 amide bonds. The summed E-state index contributed by atoms with van der Waals surface area (Å²) in [4.78, 5) is 13.1. The Kier molecular flexibility index (Phi) is 5.06. The van der Waals surface area contributed by atoms with E-state index in [2.05, 4.69) is 17.4 Å². The molecule has 3 aromatic rings. The van der Waals surface area contributed by atoms with Gasteiger partial charge in [0.2, 0.25) is 15.9 Å². The first-order valence-corrected chi connectivity index (χ1v) is 11.9. The van der Waals surface area contributed by atoms with Gasteiger partial charge in [-0.1, -0.05) is 30.3 Å². The quantitative estimate of drug-likeness (QED) is 0.665. The van der Waals surface area contributed by atoms with Crippen LogP contribution in [0.5, 0.6) is 0 Å². The van der Waals surface area contributed by atoms with Crippen molar-refractivity contribution in [1.82, 2.24) is 0 Å². The Balaban J connectivity index is 1.69. The van der Waals surface area contributed by atoms with Gasteiger partial charge in [-0.25, -0.2) is 8.42 Å². The summed E-state index contributed by atoms with van der Waals surface area (Å²) in [6, 6.07) is 14.6.